The van der Waals surface area contributed by atoms with Gasteiger partial charge in [0.2, 0.25) is 9.84 Å². The summed E-state index contributed by atoms with van der Waals surface area (Å²) in [6.07, 6.45) is 2.18. The van der Waals surface area contributed by atoms with E-state index in [-0.39, 0.29) is 11.3 Å². The maximum atomic E-state index is 12.8. The molecule has 0 saturated heterocycles. The van der Waals surface area contributed by atoms with Crippen LogP contribution in [0.25, 0.3) is 0 Å². The van der Waals surface area contributed by atoms with Crippen LogP contribution < -0.4 is 0 Å². The first-order valence-corrected chi connectivity index (χ1v) is 8.41. The Hall–Kier alpha value is -1.13. The largest absolute Gasteiger partial charge is 0.389 e. The van der Waals surface area contributed by atoms with Crippen LogP contribution in [-0.4, -0.2) is 19.6 Å². The average Bonchev–Trinajstić information content (AvgIpc) is 2.38. The summed E-state index contributed by atoms with van der Waals surface area (Å²) in [6, 6.07) is 8.45. The van der Waals surface area contributed by atoms with Gasteiger partial charge in [-0.1, -0.05) is 39.0 Å². The molecule has 0 heterocycles. The van der Waals surface area contributed by atoms with Crippen molar-refractivity contribution in [2.24, 2.45) is 11.3 Å². The van der Waals surface area contributed by atoms with E-state index >= 15 is 0 Å². The maximum absolute atomic E-state index is 12.8. The van der Waals surface area contributed by atoms with E-state index < -0.39 is 15.9 Å². The Morgan fingerprint density at radius 1 is 1.10 bits per heavy atom. The number of sulfone groups is 1. The molecular weight excluding hydrogens is 272 g/mol. The molecule has 20 heavy (non-hydrogen) atoms. The highest BCUT2D eigenvalue weighted by Gasteiger charge is 2.38. The molecule has 3 nitrogen and oxygen atoms in total. The zero-order chi connectivity index (χ0) is 15.0. The van der Waals surface area contributed by atoms with Crippen LogP contribution in [0.1, 0.15) is 33.6 Å². The van der Waals surface area contributed by atoms with Gasteiger partial charge >= 0.3 is 0 Å². The first-order valence-electron chi connectivity index (χ1n) is 6.93. The number of allylic oxidation sites excluding steroid dienone is 1. The number of rotatable bonds is 2. The van der Waals surface area contributed by atoms with E-state index in [0.717, 1.165) is 0 Å². The highest BCUT2D eigenvalue weighted by atomic mass is 32.2. The van der Waals surface area contributed by atoms with Crippen molar-refractivity contribution in [2.45, 2.75) is 44.6 Å². The Kier molecular flexibility index (Phi) is 4.07. The standard InChI is InChI=1S/C16H22O3S/c1-16(2,3)14-10-9-12(17)11-15(14)20(18,19)13-7-5-4-6-8-13/h4-8,11-12,14,17H,9-10H2,1-3H3/t12-,14-/m0/s1. The van der Waals surface area contributed by atoms with Crippen LogP contribution in [0.4, 0.5) is 0 Å². The highest BCUT2D eigenvalue weighted by molar-refractivity contribution is 7.95. The molecule has 4 heteroatoms. The van der Waals surface area contributed by atoms with Crippen LogP contribution in [0.15, 0.2) is 46.2 Å². The summed E-state index contributed by atoms with van der Waals surface area (Å²) in [5, 5.41) is 9.83. The van der Waals surface area contributed by atoms with Crippen LogP contribution in [0.2, 0.25) is 0 Å². The second kappa shape index (κ2) is 5.34. The maximum Gasteiger partial charge on any atom is 0.202 e. The predicted octanol–water partition coefficient (Wildman–Crippen LogP) is 3.16. The fourth-order valence-corrected chi connectivity index (χ4v) is 4.71. The van der Waals surface area contributed by atoms with E-state index in [4.69, 9.17) is 0 Å². The molecule has 0 fully saturated rings. The summed E-state index contributed by atoms with van der Waals surface area (Å²) in [6.45, 7) is 6.14. The van der Waals surface area contributed by atoms with E-state index in [1.807, 2.05) is 20.8 Å². The number of aliphatic hydroxyl groups excluding tert-OH is 1. The first kappa shape index (κ1) is 15.3. The third-order valence-electron chi connectivity index (χ3n) is 3.86. The van der Waals surface area contributed by atoms with Crippen molar-refractivity contribution in [3.8, 4) is 0 Å². The van der Waals surface area contributed by atoms with Gasteiger partial charge in [0.05, 0.1) is 15.9 Å². The minimum Gasteiger partial charge on any atom is -0.389 e. The van der Waals surface area contributed by atoms with Gasteiger partial charge in [-0.05, 0) is 42.4 Å². The molecule has 0 bridgehead atoms. The molecular formula is C16H22O3S. The molecule has 110 valence electrons. The lowest BCUT2D eigenvalue weighted by Gasteiger charge is -2.36. The Bertz CT molecular complexity index is 594. The molecule has 0 spiro atoms. The summed E-state index contributed by atoms with van der Waals surface area (Å²) in [5.41, 5.74) is -0.145. The molecule has 0 aromatic heterocycles. The molecule has 0 aliphatic heterocycles. The minimum absolute atomic E-state index is 0.0592. The molecule has 1 aromatic rings. The van der Waals surface area contributed by atoms with Crippen molar-refractivity contribution in [3.05, 3.63) is 41.3 Å². The lowest BCUT2D eigenvalue weighted by Crippen LogP contribution is -2.31. The Labute approximate surface area is 121 Å². The summed E-state index contributed by atoms with van der Waals surface area (Å²) in [5.74, 6) is -0.0592. The van der Waals surface area contributed by atoms with Crippen molar-refractivity contribution in [3.63, 3.8) is 0 Å². The molecule has 2 atom stereocenters. The molecule has 1 aromatic carbocycles. The lowest BCUT2D eigenvalue weighted by atomic mass is 9.75. The van der Waals surface area contributed by atoms with Crippen LogP contribution in [0, 0.1) is 11.3 Å². The molecule has 1 aliphatic rings. The second-order valence-corrected chi connectivity index (χ2v) is 8.40. The van der Waals surface area contributed by atoms with Gasteiger partial charge < -0.3 is 5.11 Å². The summed E-state index contributed by atoms with van der Waals surface area (Å²) in [4.78, 5) is 0.671. The van der Waals surface area contributed by atoms with E-state index in [0.29, 0.717) is 22.6 Å². The molecule has 2 rings (SSSR count). The molecule has 1 aliphatic carbocycles. The van der Waals surface area contributed by atoms with Crippen LogP contribution in [0.3, 0.4) is 0 Å². The third-order valence-corrected chi connectivity index (χ3v) is 5.79. The van der Waals surface area contributed by atoms with Gasteiger partial charge in [-0.15, -0.1) is 0 Å². The smallest absolute Gasteiger partial charge is 0.202 e. The summed E-state index contributed by atoms with van der Waals surface area (Å²) in [7, 11) is -3.53. The van der Waals surface area contributed by atoms with Gasteiger partial charge in [0, 0.05) is 0 Å². The molecule has 0 radical (unpaired) electrons. The van der Waals surface area contributed by atoms with Gasteiger partial charge in [0.15, 0.2) is 0 Å². The van der Waals surface area contributed by atoms with Crippen molar-refractivity contribution in [1.29, 1.82) is 0 Å². The molecule has 1 N–H and O–H groups in total. The average molecular weight is 294 g/mol. The second-order valence-electron chi connectivity index (χ2n) is 6.45. The van der Waals surface area contributed by atoms with E-state index in [1.165, 1.54) is 6.08 Å². The Balaban J connectivity index is 2.52. The normalized spacial score (nSPS) is 24.3. The monoisotopic (exact) mass is 294 g/mol. The van der Waals surface area contributed by atoms with E-state index in [1.54, 1.807) is 30.3 Å². The summed E-state index contributed by atoms with van der Waals surface area (Å²) < 4.78 is 25.6. The van der Waals surface area contributed by atoms with Gasteiger partial charge in [-0.2, -0.15) is 0 Å². The minimum atomic E-state index is -3.53. The van der Waals surface area contributed by atoms with Crippen molar-refractivity contribution in [1.82, 2.24) is 0 Å². The van der Waals surface area contributed by atoms with Crippen molar-refractivity contribution >= 4 is 9.84 Å². The zero-order valence-corrected chi connectivity index (χ0v) is 13.0. The van der Waals surface area contributed by atoms with E-state index in [2.05, 4.69) is 0 Å². The number of hydrogen-bond acceptors (Lipinski definition) is 3. The summed E-state index contributed by atoms with van der Waals surface area (Å²) >= 11 is 0. The molecule has 0 amide bonds. The number of hydrogen-bond donors (Lipinski definition) is 1. The van der Waals surface area contributed by atoms with Gasteiger partial charge in [0.1, 0.15) is 0 Å². The fourth-order valence-electron chi connectivity index (χ4n) is 2.74. The topological polar surface area (TPSA) is 54.4 Å². The third kappa shape index (κ3) is 2.96. The van der Waals surface area contributed by atoms with Crippen LogP contribution >= 0.6 is 0 Å². The van der Waals surface area contributed by atoms with Crippen molar-refractivity contribution < 1.29 is 13.5 Å². The van der Waals surface area contributed by atoms with Crippen LogP contribution in [0.5, 0.6) is 0 Å². The quantitative estimate of drug-likeness (QED) is 0.911. The van der Waals surface area contributed by atoms with E-state index in [9.17, 15) is 13.5 Å². The molecule has 0 saturated carbocycles. The van der Waals surface area contributed by atoms with Gasteiger partial charge in [-0.3, -0.25) is 0 Å². The number of benzene rings is 1. The Morgan fingerprint density at radius 3 is 2.25 bits per heavy atom. The van der Waals surface area contributed by atoms with Crippen molar-refractivity contribution in [2.75, 3.05) is 0 Å². The van der Waals surface area contributed by atoms with Gasteiger partial charge in [0.25, 0.3) is 0 Å². The molecule has 0 unspecified atom stereocenters. The predicted molar refractivity (Wildman–Crippen MR) is 79.9 cm³/mol. The first-order chi connectivity index (χ1) is 9.23. The zero-order valence-electron chi connectivity index (χ0n) is 12.2. The fraction of sp³-hybridized carbons (Fsp3) is 0.500. The lowest BCUT2D eigenvalue weighted by molar-refractivity contribution is 0.165. The van der Waals surface area contributed by atoms with Crippen LogP contribution in [-0.2, 0) is 9.84 Å². The number of aliphatic hydroxyl groups is 1. The SMILES string of the molecule is CC(C)(C)[C@H]1CC[C@H](O)C=C1S(=O)(=O)c1ccccc1. The van der Waals surface area contributed by atoms with Gasteiger partial charge in [-0.25, -0.2) is 8.42 Å². The highest BCUT2D eigenvalue weighted by Crippen LogP contribution is 2.42. The Morgan fingerprint density at radius 2 is 1.70 bits per heavy atom.